The Hall–Kier alpha value is -1.21. The van der Waals surface area contributed by atoms with E-state index in [9.17, 15) is 4.79 Å². The van der Waals surface area contributed by atoms with Crippen LogP contribution >= 0.6 is 0 Å². The predicted octanol–water partition coefficient (Wildman–Crippen LogP) is 13.0. The lowest BCUT2D eigenvalue weighted by atomic mass is 10.1. The molecule has 0 unspecified atom stereocenters. The number of piperazine rings is 1. The van der Waals surface area contributed by atoms with Gasteiger partial charge in [0.05, 0.1) is 13.2 Å². The van der Waals surface area contributed by atoms with E-state index in [4.69, 9.17) is 14.2 Å². The second kappa shape index (κ2) is 41.4. The van der Waals surface area contributed by atoms with Gasteiger partial charge in [0.15, 0.2) is 0 Å². The van der Waals surface area contributed by atoms with Crippen molar-refractivity contribution < 1.29 is 19.0 Å². The van der Waals surface area contributed by atoms with E-state index in [2.05, 4.69) is 55.0 Å². The molecule has 0 aromatic rings. The number of rotatable bonds is 41. The number of unbranched alkanes of at least 4 members (excludes halogenated alkanes) is 24. The van der Waals surface area contributed by atoms with Gasteiger partial charge in [0.2, 0.25) is 0 Å². The van der Waals surface area contributed by atoms with E-state index in [-0.39, 0.29) is 12.1 Å². The summed E-state index contributed by atoms with van der Waals surface area (Å²) < 4.78 is 18.0. The zero-order chi connectivity index (χ0) is 38.8. The van der Waals surface area contributed by atoms with Gasteiger partial charge in [-0.25, -0.2) is 0 Å². The first-order valence-electron chi connectivity index (χ1n) is 23.7. The summed E-state index contributed by atoms with van der Waals surface area (Å²) in [4.78, 5) is 17.6. The summed E-state index contributed by atoms with van der Waals surface area (Å²) in [6.45, 7) is 12.2. The van der Waals surface area contributed by atoms with Crippen molar-refractivity contribution >= 4 is 5.97 Å². The highest BCUT2D eigenvalue weighted by molar-refractivity contribution is 5.69. The first-order chi connectivity index (χ1) is 26.7. The molecule has 318 valence electrons. The molecule has 0 spiro atoms. The highest BCUT2D eigenvalue weighted by Gasteiger charge is 2.17. The molecule has 0 bridgehead atoms. The topological polar surface area (TPSA) is 51.2 Å². The molecule has 54 heavy (non-hydrogen) atoms. The first-order valence-corrected chi connectivity index (χ1v) is 23.7. The van der Waals surface area contributed by atoms with Crippen molar-refractivity contribution in [2.45, 2.75) is 213 Å². The van der Waals surface area contributed by atoms with Crippen LogP contribution in [0.4, 0.5) is 0 Å². The van der Waals surface area contributed by atoms with Crippen molar-refractivity contribution in [2.24, 2.45) is 0 Å². The van der Waals surface area contributed by atoms with Gasteiger partial charge < -0.3 is 24.0 Å². The second-order valence-electron chi connectivity index (χ2n) is 16.4. The minimum Gasteiger partial charge on any atom is -0.457 e. The molecule has 0 amide bonds. The Balaban J connectivity index is 2.13. The highest BCUT2D eigenvalue weighted by Crippen LogP contribution is 2.13. The van der Waals surface area contributed by atoms with Gasteiger partial charge in [0.25, 0.3) is 0 Å². The van der Waals surface area contributed by atoms with Crippen LogP contribution in [0.3, 0.4) is 0 Å². The number of nitrogens with zero attached hydrogens (tertiary/aromatic N) is 2. The number of carbonyl (C=O) groups excluding carboxylic acids is 1. The normalized spacial score (nSPS) is 14.4. The van der Waals surface area contributed by atoms with Crippen LogP contribution in [-0.2, 0) is 19.0 Å². The fraction of sp³-hybridized carbons (Fsp3) is 0.896. The third-order valence-electron chi connectivity index (χ3n) is 11.0. The smallest absolute Gasteiger partial charge is 0.306 e. The van der Waals surface area contributed by atoms with Crippen LogP contribution in [0.1, 0.15) is 206 Å². The Morgan fingerprint density at radius 3 is 1.28 bits per heavy atom. The van der Waals surface area contributed by atoms with Crippen molar-refractivity contribution in [3.63, 3.8) is 0 Å². The van der Waals surface area contributed by atoms with Crippen molar-refractivity contribution in [3.8, 4) is 0 Å². The summed E-state index contributed by atoms with van der Waals surface area (Å²) in [5, 5.41) is 0. The first kappa shape index (κ1) is 50.8. The number of likely N-dealkylation sites (N-methyl/N-ethyl adjacent to an activating group) is 1. The summed E-state index contributed by atoms with van der Waals surface area (Å²) >= 11 is 0. The van der Waals surface area contributed by atoms with Gasteiger partial charge in [-0.3, -0.25) is 4.79 Å². The molecule has 1 heterocycles. The number of esters is 1. The maximum absolute atomic E-state index is 12.8. The zero-order valence-electron chi connectivity index (χ0n) is 36.5. The summed E-state index contributed by atoms with van der Waals surface area (Å²) in [7, 11) is 2.18. The third kappa shape index (κ3) is 36.4. The molecule has 6 heteroatoms. The van der Waals surface area contributed by atoms with Gasteiger partial charge >= 0.3 is 5.97 Å². The van der Waals surface area contributed by atoms with Crippen LogP contribution in [-0.4, -0.2) is 88.1 Å². The molecule has 0 N–H and O–H groups in total. The average molecular weight is 761 g/mol. The largest absolute Gasteiger partial charge is 0.457 e. The quantitative estimate of drug-likeness (QED) is 0.0351. The van der Waals surface area contributed by atoms with Gasteiger partial charge in [0, 0.05) is 45.8 Å². The molecule has 6 nitrogen and oxygen atoms in total. The SMILES string of the molecule is CCCCCCCC/C=C\CCCCCCCCOCC(COCCCCCCCC/C=C\CCCCCCCC)OC(=O)CCCN1CCN(C)CC1. The number of ether oxygens (including phenoxy) is 3. The number of hydrogen-bond donors (Lipinski definition) is 0. The van der Waals surface area contributed by atoms with Crippen LogP contribution in [0.5, 0.6) is 0 Å². The lowest BCUT2D eigenvalue weighted by molar-refractivity contribution is -0.156. The molecule has 0 atom stereocenters. The fourth-order valence-corrected chi connectivity index (χ4v) is 7.21. The van der Waals surface area contributed by atoms with E-state index in [1.54, 1.807) is 0 Å². The van der Waals surface area contributed by atoms with E-state index < -0.39 is 0 Å². The van der Waals surface area contributed by atoms with Crippen molar-refractivity contribution in [1.82, 2.24) is 9.80 Å². The number of allylic oxidation sites excluding steroid dienone is 4. The van der Waals surface area contributed by atoms with Gasteiger partial charge in [-0.15, -0.1) is 0 Å². The third-order valence-corrected chi connectivity index (χ3v) is 11.0. The molecule has 1 aliphatic heterocycles. The zero-order valence-corrected chi connectivity index (χ0v) is 36.5. The van der Waals surface area contributed by atoms with Crippen LogP contribution in [0.2, 0.25) is 0 Å². The molecule has 0 aromatic carbocycles. The molecule has 0 radical (unpaired) electrons. The molecule has 0 saturated carbocycles. The minimum atomic E-state index is -0.315. The molecule has 1 fully saturated rings. The van der Waals surface area contributed by atoms with Gasteiger partial charge in [0.1, 0.15) is 6.10 Å². The van der Waals surface area contributed by atoms with E-state index in [0.717, 1.165) is 65.2 Å². The Kier molecular flexibility index (Phi) is 39.0. The van der Waals surface area contributed by atoms with E-state index in [0.29, 0.717) is 19.6 Å². The summed E-state index contributed by atoms with van der Waals surface area (Å²) in [6.07, 6.45) is 47.2. The molecule has 0 aliphatic carbocycles. The van der Waals surface area contributed by atoms with Crippen molar-refractivity contribution in [1.29, 1.82) is 0 Å². The second-order valence-corrected chi connectivity index (χ2v) is 16.4. The van der Waals surface area contributed by atoms with E-state index >= 15 is 0 Å². The predicted molar refractivity (Wildman–Crippen MR) is 234 cm³/mol. The van der Waals surface area contributed by atoms with Gasteiger partial charge in [-0.1, -0.05) is 154 Å². The molecule has 0 aromatic heterocycles. The van der Waals surface area contributed by atoms with E-state index in [1.165, 1.54) is 167 Å². The molecule has 1 rings (SSSR count). The fourth-order valence-electron chi connectivity index (χ4n) is 7.21. The van der Waals surface area contributed by atoms with Crippen molar-refractivity contribution in [3.05, 3.63) is 24.3 Å². The standard InChI is InChI=1S/C48H92N2O4/c1-4-6-8-10-12-14-16-18-20-22-24-26-28-30-32-34-43-52-45-47(54-48(51)37-36-38-50-41-39-49(3)40-42-50)46-53-44-35-33-31-29-27-25-23-21-19-17-15-13-11-9-7-5-2/h18-21,47H,4-17,22-46H2,1-3H3/b20-18-,21-19-. The molecule has 1 aliphatic rings. The molecule has 1 saturated heterocycles. The maximum atomic E-state index is 12.8. The highest BCUT2D eigenvalue weighted by atomic mass is 16.6. The Labute approximate surface area is 337 Å². The summed E-state index contributed by atoms with van der Waals surface area (Å²) in [5.74, 6) is -0.115. The molecular weight excluding hydrogens is 669 g/mol. The van der Waals surface area contributed by atoms with Crippen LogP contribution in [0, 0.1) is 0 Å². The minimum absolute atomic E-state index is 0.115. The van der Waals surface area contributed by atoms with Gasteiger partial charge in [-0.05, 0) is 84.2 Å². The molecular formula is C48H92N2O4. The maximum Gasteiger partial charge on any atom is 0.306 e. The average Bonchev–Trinajstić information content (AvgIpc) is 3.17. The lowest BCUT2D eigenvalue weighted by Crippen LogP contribution is -2.44. The Morgan fingerprint density at radius 2 is 0.870 bits per heavy atom. The van der Waals surface area contributed by atoms with Crippen LogP contribution < -0.4 is 0 Å². The van der Waals surface area contributed by atoms with E-state index in [1.807, 2.05) is 0 Å². The lowest BCUT2D eigenvalue weighted by Gasteiger charge is -2.32. The van der Waals surface area contributed by atoms with Crippen molar-refractivity contribution in [2.75, 3.05) is 66.2 Å². The number of carbonyl (C=O) groups is 1. The monoisotopic (exact) mass is 761 g/mol. The summed E-state index contributed by atoms with van der Waals surface area (Å²) in [6, 6.07) is 0. The Bertz CT molecular complexity index is 780. The number of hydrogen-bond acceptors (Lipinski definition) is 6. The Morgan fingerprint density at radius 1 is 0.500 bits per heavy atom. The van der Waals surface area contributed by atoms with Crippen LogP contribution in [0.15, 0.2) is 24.3 Å². The van der Waals surface area contributed by atoms with Crippen LogP contribution in [0.25, 0.3) is 0 Å². The van der Waals surface area contributed by atoms with Gasteiger partial charge in [-0.2, -0.15) is 0 Å². The summed E-state index contributed by atoms with van der Waals surface area (Å²) in [5.41, 5.74) is 0.